The van der Waals surface area contributed by atoms with Crippen LogP contribution in [0.1, 0.15) is 51.9 Å². The third kappa shape index (κ3) is 4.74. The lowest BCUT2D eigenvalue weighted by atomic mass is 9.84. The van der Waals surface area contributed by atoms with Crippen molar-refractivity contribution in [3.8, 4) is 0 Å². The molecule has 0 aliphatic heterocycles. The normalized spacial score (nSPS) is 20.2. The third-order valence-corrected chi connectivity index (χ3v) is 6.79. The van der Waals surface area contributed by atoms with E-state index in [0.717, 1.165) is 19.3 Å². The van der Waals surface area contributed by atoms with Crippen LogP contribution in [0.15, 0.2) is 35.2 Å². The molecular weight excluding hydrogens is 312 g/mol. The molecule has 1 aliphatic rings. The van der Waals surface area contributed by atoms with Crippen LogP contribution in [-0.2, 0) is 19.4 Å². The number of ketones is 2. The topological polar surface area (TPSA) is 68.3 Å². The van der Waals surface area contributed by atoms with Crippen LogP contribution in [0, 0.1) is 5.92 Å². The zero-order valence-electron chi connectivity index (χ0n) is 13.5. The predicted octanol–water partition coefficient (Wildman–Crippen LogP) is 3.35. The van der Waals surface area contributed by atoms with E-state index in [4.69, 9.17) is 0 Å². The molecule has 1 fully saturated rings. The van der Waals surface area contributed by atoms with Crippen LogP contribution in [-0.4, -0.2) is 25.2 Å². The minimum atomic E-state index is -3.52. The Labute approximate surface area is 138 Å². The fraction of sp³-hybridized carbons (Fsp3) is 0.556. The van der Waals surface area contributed by atoms with Crippen molar-refractivity contribution in [2.75, 3.05) is 0 Å². The summed E-state index contributed by atoms with van der Waals surface area (Å²) in [4.78, 5) is 23.7. The smallest absolute Gasteiger partial charge is 0.181 e. The SMILES string of the molecule is CC(=O)CCC(CC1CCCCC1=O)S(=O)(=O)c1ccccc1. The Morgan fingerprint density at radius 1 is 1.22 bits per heavy atom. The van der Waals surface area contributed by atoms with Gasteiger partial charge in [0.2, 0.25) is 0 Å². The summed E-state index contributed by atoms with van der Waals surface area (Å²) < 4.78 is 25.8. The van der Waals surface area contributed by atoms with Crippen LogP contribution < -0.4 is 0 Å². The molecule has 2 atom stereocenters. The summed E-state index contributed by atoms with van der Waals surface area (Å²) in [5, 5.41) is -0.666. The highest BCUT2D eigenvalue weighted by Crippen LogP contribution is 2.30. The first-order valence-electron chi connectivity index (χ1n) is 8.22. The van der Waals surface area contributed by atoms with E-state index in [-0.39, 0.29) is 35.2 Å². The zero-order valence-corrected chi connectivity index (χ0v) is 14.3. The van der Waals surface area contributed by atoms with Gasteiger partial charge >= 0.3 is 0 Å². The monoisotopic (exact) mass is 336 g/mol. The van der Waals surface area contributed by atoms with Gasteiger partial charge in [0.25, 0.3) is 0 Å². The lowest BCUT2D eigenvalue weighted by molar-refractivity contribution is -0.124. The number of hydrogen-bond donors (Lipinski definition) is 0. The molecule has 0 spiro atoms. The van der Waals surface area contributed by atoms with Crippen LogP contribution in [0.4, 0.5) is 0 Å². The van der Waals surface area contributed by atoms with E-state index >= 15 is 0 Å². The molecule has 126 valence electrons. The van der Waals surface area contributed by atoms with E-state index in [1.807, 2.05) is 0 Å². The number of carbonyl (C=O) groups is 2. The standard InChI is InChI=1S/C18H24O4S/c1-14(19)11-12-17(13-15-7-5-6-10-18(15)20)23(21,22)16-8-3-2-4-9-16/h2-4,8-9,15,17H,5-7,10-13H2,1H3. The van der Waals surface area contributed by atoms with Crippen molar-refractivity contribution in [1.29, 1.82) is 0 Å². The van der Waals surface area contributed by atoms with Crippen LogP contribution in [0.2, 0.25) is 0 Å². The lowest BCUT2D eigenvalue weighted by Crippen LogP contribution is -2.30. The van der Waals surface area contributed by atoms with Crippen molar-refractivity contribution in [3.05, 3.63) is 30.3 Å². The Balaban J connectivity index is 2.22. The maximum Gasteiger partial charge on any atom is 0.181 e. The number of Topliss-reactive ketones (excluding diaryl/α,β-unsaturated/α-hetero) is 2. The fourth-order valence-electron chi connectivity index (χ4n) is 3.19. The van der Waals surface area contributed by atoms with Crippen LogP contribution in [0.3, 0.4) is 0 Å². The second-order valence-electron chi connectivity index (χ2n) is 6.37. The Bertz CT molecular complexity index is 649. The first kappa shape index (κ1) is 17.9. The first-order valence-corrected chi connectivity index (χ1v) is 9.77. The van der Waals surface area contributed by atoms with Gasteiger partial charge in [-0.15, -0.1) is 0 Å². The van der Waals surface area contributed by atoms with Crippen LogP contribution in [0.25, 0.3) is 0 Å². The average molecular weight is 336 g/mol. The highest BCUT2D eigenvalue weighted by Gasteiger charge is 2.33. The number of sulfone groups is 1. The van der Waals surface area contributed by atoms with E-state index in [2.05, 4.69) is 0 Å². The van der Waals surface area contributed by atoms with Gasteiger partial charge in [0, 0.05) is 18.8 Å². The summed E-state index contributed by atoms with van der Waals surface area (Å²) in [6.45, 7) is 1.47. The molecule has 1 aliphatic carbocycles. The first-order chi connectivity index (χ1) is 10.9. The van der Waals surface area contributed by atoms with Gasteiger partial charge in [0.05, 0.1) is 10.1 Å². The van der Waals surface area contributed by atoms with E-state index in [0.29, 0.717) is 12.8 Å². The number of carbonyl (C=O) groups excluding carboxylic acids is 2. The van der Waals surface area contributed by atoms with E-state index in [1.165, 1.54) is 6.92 Å². The molecule has 2 unspecified atom stereocenters. The van der Waals surface area contributed by atoms with Crippen molar-refractivity contribution < 1.29 is 18.0 Å². The molecule has 4 nitrogen and oxygen atoms in total. The number of benzene rings is 1. The summed E-state index contributed by atoms with van der Waals surface area (Å²) in [6.07, 6.45) is 4.05. The summed E-state index contributed by atoms with van der Waals surface area (Å²) >= 11 is 0. The molecule has 1 aromatic rings. The molecule has 0 aromatic heterocycles. The quantitative estimate of drug-likeness (QED) is 0.766. The third-order valence-electron chi connectivity index (χ3n) is 4.56. The number of rotatable bonds is 7. The van der Waals surface area contributed by atoms with E-state index in [9.17, 15) is 18.0 Å². The van der Waals surface area contributed by atoms with Crippen molar-refractivity contribution in [2.45, 2.75) is 62.0 Å². The molecule has 0 saturated heterocycles. The Morgan fingerprint density at radius 3 is 2.52 bits per heavy atom. The number of hydrogen-bond acceptors (Lipinski definition) is 4. The molecular formula is C18H24O4S. The van der Waals surface area contributed by atoms with E-state index < -0.39 is 15.1 Å². The maximum absolute atomic E-state index is 12.9. The summed E-state index contributed by atoms with van der Waals surface area (Å²) in [7, 11) is -3.52. The Morgan fingerprint density at radius 2 is 1.91 bits per heavy atom. The van der Waals surface area contributed by atoms with Gasteiger partial charge in [-0.2, -0.15) is 0 Å². The van der Waals surface area contributed by atoms with Gasteiger partial charge < -0.3 is 4.79 Å². The van der Waals surface area contributed by atoms with Gasteiger partial charge in [-0.3, -0.25) is 4.79 Å². The Hall–Kier alpha value is -1.49. The van der Waals surface area contributed by atoms with Gasteiger partial charge in [0.1, 0.15) is 11.6 Å². The minimum absolute atomic E-state index is 0.0202. The minimum Gasteiger partial charge on any atom is -0.300 e. The molecule has 0 radical (unpaired) electrons. The van der Waals surface area contributed by atoms with Gasteiger partial charge in [0.15, 0.2) is 9.84 Å². The summed E-state index contributed by atoms with van der Waals surface area (Å²) in [5.41, 5.74) is 0. The molecule has 23 heavy (non-hydrogen) atoms. The van der Waals surface area contributed by atoms with Crippen molar-refractivity contribution in [2.24, 2.45) is 5.92 Å². The molecule has 0 amide bonds. The molecule has 2 rings (SSSR count). The fourth-order valence-corrected chi connectivity index (χ4v) is 5.02. The second kappa shape index (κ2) is 7.86. The van der Waals surface area contributed by atoms with Crippen molar-refractivity contribution in [1.82, 2.24) is 0 Å². The zero-order chi connectivity index (χ0) is 16.9. The molecule has 0 N–H and O–H groups in total. The van der Waals surface area contributed by atoms with Gasteiger partial charge in [-0.25, -0.2) is 8.42 Å². The summed E-state index contributed by atoms with van der Waals surface area (Å²) in [5.74, 6) is -0.0280. The Kier molecular flexibility index (Phi) is 6.10. The average Bonchev–Trinajstić information content (AvgIpc) is 2.53. The predicted molar refractivity (Wildman–Crippen MR) is 88.9 cm³/mol. The van der Waals surface area contributed by atoms with Gasteiger partial charge in [-0.05, 0) is 44.7 Å². The van der Waals surface area contributed by atoms with Crippen LogP contribution in [0.5, 0.6) is 0 Å². The highest BCUT2D eigenvalue weighted by atomic mass is 32.2. The molecule has 1 saturated carbocycles. The molecule has 0 heterocycles. The van der Waals surface area contributed by atoms with Crippen molar-refractivity contribution in [3.63, 3.8) is 0 Å². The summed E-state index contributed by atoms with van der Waals surface area (Å²) in [6, 6.07) is 8.33. The lowest BCUT2D eigenvalue weighted by Gasteiger charge is -2.25. The highest BCUT2D eigenvalue weighted by molar-refractivity contribution is 7.92. The van der Waals surface area contributed by atoms with E-state index in [1.54, 1.807) is 30.3 Å². The molecule has 1 aromatic carbocycles. The molecule has 5 heteroatoms. The maximum atomic E-state index is 12.9. The van der Waals surface area contributed by atoms with Crippen molar-refractivity contribution >= 4 is 21.4 Å². The largest absolute Gasteiger partial charge is 0.300 e. The van der Waals surface area contributed by atoms with Gasteiger partial charge in [-0.1, -0.05) is 24.6 Å². The second-order valence-corrected chi connectivity index (χ2v) is 8.59. The molecule has 0 bridgehead atoms. The van der Waals surface area contributed by atoms with Crippen LogP contribution >= 0.6 is 0 Å².